The number of hydrogen-bond donors (Lipinski definition) is 1. The molecule has 0 aliphatic carbocycles. The molecule has 2 aromatic carbocycles. The summed E-state index contributed by atoms with van der Waals surface area (Å²) in [4.78, 5) is 18.1. The number of ether oxygens (including phenoxy) is 1. The van der Waals surface area contributed by atoms with E-state index in [0.29, 0.717) is 22.4 Å². The number of aromatic nitrogens is 2. The number of carbonyl (C=O) groups is 1. The first-order valence-corrected chi connectivity index (χ1v) is 8.98. The van der Waals surface area contributed by atoms with Crippen molar-refractivity contribution in [3.05, 3.63) is 59.4 Å². The highest BCUT2D eigenvalue weighted by Crippen LogP contribution is 2.24. The van der Waals surface area contributed by atoms with Crippen LogP contribution in [0.2, 0.25) is 5.02 Å². The molecule has 1 amide bonds. The monoisotopic (exact) mass is 440 g/mol. The van der Waals surface area contributed by atoms with Gasteiger partial charge in [0.2, 0.25) is 17.6 Å². The van der Waals surface area contributed by atoms with E-state index in [0.717, 1.165) is 17.7 Å². The van der Waals surface area contributed by atoms with E-state index in [4.69, 9.17) is 16.1 Å². The van der Waals surface area contributed by atoms with E-state index in [1.165, 1.54) is 12.1 Å². The van der Waals surface area contributed by atoms with E-state index in [9.17, 15) is 18.0 Å². The molecule has 3 rings (SSSR count). The van der Waals surface area contributed by atoms with Gasteiger partial charge in [-0.2, -0.15) is 4.98 Å². The lowest BCUT2D eigenvalue weighted by molar-refractivity contribution is -0.274. The Morgan fingerprint density at radius 3 is 2.47 bits per heavy atom. The molecular weight excluding hydrogens is 425 g/mol. The standard InChI is InChI=1S/C19H16ClF3N4O3/c1-27(11-17-25-18(26-30-17)12-2-4-13(20)5-3-12)10-16(28)24-14-6-8-15(9-7-14)29-19(21,22)23/h2-9H,10-11H2,1H3,(H,24,28). The van der Waals surface area contributed by atoms with Gasteiger partial charge < -0.3 is 14.6 Å². The molecule has 0 saturated carbocycles. The van der Waals surface area contributed by atoms with Gasteiger partial charge in [0.1, 0.15) is 5.75 Å². The molecule has 0 aliphatic rings. The van der Waals surface area contributed by atoms with Gasteiger partial charge in [-0.25, -0.2) is 0 Å². The highest BCUT2D eigenvalue weighted by molar-refractivity contribution is 6.30. The van der Waals surface area contributed by atoms with Crippen molar-refractivity contribution in [1.29, 1.82) is 0 Å². The van der Waals surface area contributed by atoms with Gasteiger partial charge in [0.25, 0.3) is 0 Å². The zero-order valence-electron chi connectivity index (χ0n) is 15.6. The molecule has 158 valence electrons. The average Bonchev–Trinajstić information content (AvgIpc) is 3.11. The predicted molar refractivity (Wildman–Crippen MR) is 103 cm³/mol. The molecular formula is C19H16ClF3N4O3. The lowest BCUT2D eigenvalue weighted by Crippen LogP contribution is -2.29. The fraction of sp³-hybridized carbons (Fsp3) is 0.211. The van der Waals surface area contributed by atoms with Crippen LogP contribution >= 0.6 is 11.6 Å². The summed E-state index contributed by atoms with van der Waals surface area (Å²) in [5.41, 5.74) is 1.08. The number of carbonyl (C=O) groups excluding carboxylic acids is 1. The average molecular weight is 441 g/mol. The van der Waals surface area contributed by atoms with E-state index in [1.807, 2.05) is 0 Å². The molecule has 0 bridgehead atoms. The molecule has 1 heterocycles. The summed E-state index contributed by atoms with van der Waals surface area (Å²) in [5.74, 6) is -0.00508. The fourth-order valence-electron chi connectivity index (χ4n) is 2.51. The molecule has 1 N–H and O–H groups in total. The Balaban J connectivity index is 1.50. The summed E-state index contributed by atoms with van der Waals surface area (Å²) in [6.07, 6.45) is -4.77. The van der Waals surface area contributed by atoms with Crippen molar-refractivity contribution in [1.82, 2.24) is 15.0 Å². The van der Waals surface area contributed by atoms with Gasteiger partial charge in [-0.05, 0) is 55.6 Å². The van der Waals surface area contributed by atoms with E-state index >= 15 is 0 Å². The minimum absolute atomic E-state index is 0.000535. The Bertz CT molecular complexity index is 992. The van der Waals surface area contributed by atoms with Crippen molar-refractivity contribution >= 4 is 23.2 Å². The van der Waals surface area contributed by atoms with Crippen LogP contribution in [0.3, 0.4) is 0 Å². The minimum atomic E-state index is -4.77. The Morgan fingerprint density at radius 2 is 1.83 bits per heavy atom. The summed E-state index contributed by atoms with van der Waals surface area (Å²) < 4.78 is 45.5. The second-order valence-electron chi connectivity index (χ2n) is 6.31. The normalized spacial score (nSPS) is 11.5. The number of nitrogens with zero attached hydrogens (tertiary/aromatic N) is 3. The number of benzene rings is 2. The summed E-state index contributed by atoms with van der Waals surface area (Å²) in [5, 5.41) is 7.08. The second-order valence-corrected chi connectivity index (χ2v) is 6.75. The molecule has 0 spiro atoms. The summed E-state index contributed by atoms with van der Waals surface area (Å²) >= 11 is 5.85. The number of anilines is 1. The fourth-order valence-corrected chi connectivity index (χ4v) is 2.63. The zero-order valence-corrected chi connectivity index (χ0v) is 16.4. The van der Waals surface area contributed by atoms with Gasteiger partial charge in [0.15, 0.2) is 0 Å². The summed E-state index contributed by atoms with van der Waals surface area (Å²) in [6.45, 7) is 0.228. The van der Waals surface area contributed by atoms with Crippen molar-refractivity contribution < 1.29 is 27.2 Å². The number of amides is 1. The smallest absolute Gasteiger partial charge is 0.406 e. The van der Waals surface area contributed by atoms with Crippen LogP contribution in [0, 0.1) is 0 Å². The maximum absolute atomic E-state index is 12.2. The number of rotatable bonds is 7. The van der Waals surface area contributed by atoms with Crippen LogP contribution in [0.4, 0.5) is 18.9 Å². The van der Waals surface area contributed by atoms with Crippen LogP contribution in [0.1, 0.15) is 5.89 Å². The molecule has 0 saturated heterocycles. The number of alkyl halides is 3. The zero-order chi connectivity index (χ0) is 21.7. The van der Waals surface area contributed by atoms with Crippen LogP contribution in [-0.2, 0) is 11.3 Å². The first-order valence-electron chi connectivity index (χ1n) is 8.61. The molecule has 11 heteroatoms. The van der Waals surface area contributed by atoms with Crippen molar-refractivity contribution in [2.24, 2.45) is 0 Å². The van der Waals surface area contributed by atoms with Crippen molar-refractivity contribution in [2.75, 3.05) is 18.9 Å². The lowest BCUT2D eigenvalue weighted by atomic mass is 10.2. The third-order valence-electron chi connectivity index (χ3n) is 3.76. The minimum Gasteiger partial charge on any atom is -0.406 e. The molecule has 0 fully saturated rings. The Labute approximate surface area is 174 Å². The summed E-state index contributed by atoms with van der Waals surface area (Å²) in [6, 6.07) is 11.8. The highest BCUT2D eigenvalue weighted by Gasteiger charge is 2.31. The third-order valence-corrected chi connectivity index (χ3v) is 4.01. The quantitative estimate of drug-likeness (QED) is 0.588. The SMILES string of the molecule is CN(CC(=O)Nc1ccc(OC(F)(F)F)cc1)Cc1nc(-c2ccc(Cl)cc2)no1. The molecule has 3 aromatic rings. The third kappa shape index (κ3) is 6.46. The van der Waals surface area contributed by atoms with Gasteiger partial charge in [0.05, 0.1) is 13.1 Å². The number of likely N-dealkylation sites (N-methyl/N-ethyl adjacent to an activating group) is 1. The lowest BCUT2D eigenvalue weighted by Gasteiger charge is -2.14. The largest absolute Gasteiger partial charge is 0.573 e. The molecule has 7 nitrogen and oxygen atoms in total. The van der Waals surface area contributed by atoms with E-state index < -0.39 is 6.36 Å². The van der Waals surface area contributed by atoms with Crippen molar-refractivity contribution in [2.45, 2.75) is 12.9 Å². The first-order chi connectivity index (χ1) is 14.2. The van der Waals surface area contributed by atoms with Crippen LogP contribution in [0.15, 0.2) is 53.1 Å². The van der Waals surface area contributed by atoms with Gasteiger partial charge >= 0.3 is 6.36 Å². The van der Waals surface area contributed by atoms with Gasteiger partial charge in [-0.3, -0.25) is 9.69 Å². The van der Waals surface area contributed by atoms with Crippen LogP contribution in [0.5, 0.6) is 5.75 Å². The number of hydrogen-bond acceptors (Lipinski definition) is 6. The van der Waals surface area contributed by atoms with E-state index in [2.05, 4.69) is 20.2 Å². The molecule has 0 unspecified atom stereocenters. The highest BCUT2D eigenvalue weighted by atomic mass is 35.5. The predicted octanol–water partition coefficient (Wildman–Crippen LogP) is 4.36. The van der Waals surface area contributed by atoms with E-state index in [-0.39, 0.29) is 24.7 Å². The van der Waals surface area contributed by atoms with Crippen LogP contribution in [0.25, 0.3) is 11.4 Å². The van der Waals surface area contributed by atoms with Gasteiger partial charge in [-0.15, -0.1) is 13.2 Å². The number of nitrogens with one attached hydrogen (secondary N) is 1. The molecule has 0 aliphatic heterocycles. The van der Waals surface area contributed by atoms with Gasteiger partial charge in [0, 0.05) is 16.3 Å². The second kappa shape index (κ2) is 9.14. The maximum atomic E-state index is 12.2. The molecule has 30 heavy (non-hydrogen) atoms. The topological polar surface area (TPSA) is 80.5 Å². The Hall–Kier alpha value is -3.11. The first kappa shape index (κ1) is 21.6. The van der Waals surface area contributed by atoms with E-state index in [1.54, 1.807) is 36.2 Å². The van der Waals surface area contributed by atoms with Crippen molar-refractivity contribution in [3.8, 4) is 17.1 Å². The number of halogens is 4. The Kier molecular flexibility index (Phi) is 6.58. The van der Waals surface area contributed by atoms with Crippen LogP contribution in [-0.4, -0.2) is 40.9 Å². The summed E-state index contributed by atoms with van der Waals surface area (Å²) in [7, 11) is 1.69. The maximum Gasteiger partial charge on any atom is 0.573 e. The molecule has 0 atom stereocenters. The van der Waals surface area contributed by atoms with Gasteiger partial charge in [-0.1, -0.05) is 16.8 Å². The van der Waals surface area contributed by atoms with Crippen molar-refractivity contribution in [3.63, 3.8) is 0 Å². The Morgan fingerprint density at radius 1 is 1.17 bits per heavy atom. The van der Waals surface area contributed by atoms with Crippen LogP contribution < -0.4 is 10.1 Å². The molecule has 1 aromatic heterocycles. The molecule has 0 radical (unpaired) electrons.